The second-order valence-corrected chi connectivity index (χ2v) is 5.72. The number of alkyl halides is 1. The zero-order valence-corrected chi connectivity index (χ0v) is 13.2. The molecule has 19 heavy (non-hydrogen) atoms. The Morgan fingerprint density at radius 2 is 2.05 bits per heavy atom. The van der Waals surface area contributed by atoms with Gasteiger partial charge in [0.05, 0.1) is 0 Å². The van der Waals surface area contributed by atoms with E-state index in [1.54, 1.807) is 0 Å². The fourth-order valence-electron chi connectivity index (χ4n) is 2.97. The average molecular weight is 301 g/mol. The first-order valence-electron chi connectivity index (χ1n) is 7.03. The first kappa shape index (κ1) is 15.0. The number of rotatable bonds is 5. The molecule has 1 aliphatic heterocycles. The summed E-state index contributed by atoms with van der Waals surface area (Å²) in [4.78, 5) is 4.98. The zero-order valence-electron chi connectivity index (χ0n) is 11.7. The van der Waals surface area contributed by atoms with Crippen LogP contribution in [0.15, 0.2) is 18.2 Å². The molecule has 0 bridgehead atoms. The van der Waals surface area contributed by atoms with Gasteiger partial charge in [-0.3, -0.25) is 4.90 Å². The molecular formula is C15H22Cl2N2. The van der Waals surface area contributed by atoms with Crippen LogP contribution in [0.3, 0.4) is 0 Å². The summed E-state index contributed by atoms with van der Waals surface area (Å²) in [6, 6.07) is 6.70. The van der Waals surface area contributed by atoms with E-state index in [-0.39, 0.29) is 0 Å². The highest BCUT2D eigenvalue weighted by atomic mass is 35.5. The maximum absolute atomic E-state index is 6.04. The smallest absolute Gasteiger partial charge is 0.0495 e. The second kappa shape index (κ2) is 6.83. The number of benzene rings is 1. The van der Waals surface area contributed by atoms with Crippen molar-refractivity contribution in [2.75, 3.05) is 31.1 Å². The second-order valence-electron chi connectivity index (χ2n) is 5.02. The fourth-order valence-corrected chi connectivity index (χ4v) is 3.38. The molecule has 0 aromatic heterocycles. The van der Waals surface area contributed by atoms with Gasteiger partial charge in [-0.25, -0.2) is 0 Å². The lowest BCUT2D eigenvalue weighted by Gasteiger charge is -2.27. The fraction of sp³-hybridized carbons (Fsp3) is 0.600. The van der Waals surface area contributed by atoms with Crippen molar-refractivity contribution in [1.82, 2.24) is 4.90 Å². The Bertz CT molecular complexity index is 419. The molecule has 1 fully saturated rings. The van der Waals surface area contributed by atoms with Gasteiger partial charge in [-0.1, -0.05) is 25.4 Å². The summed E-state index contributed by atoms with van der Waals surface area (Å²) in [6.45, 7) is 8.91. The van der Waals surface area contributed by atoms with E-state index in [0.717, 1.165) is 36.8 Å². The number of halogens is 2. The molecule has 1 heterocycles. The molecule has 0 N–H and O–H groups in total. The maximum atomic E-state index is 6.04. The third kappa shape index (κ3) is 3.36. The normalized spacial score (nSPS) is 19.4. The summed E-state index contributed by atoms with van der Waals surface area (Å²) in [5.74, 6) is 0.516. The standard InChI is InChI=1S/C15H22Cl2N2/c1-3-18(4-2)14-7-8-19(11-14)15-6-5-13(17)9-12(15)10-16/h5-6,9,14H,3-4,7-8,10-11H2,1-2H3. The molecule has 0 spiro atoms. The van der Waals surface area contributed by atoms with Crippen LogP contribution in [0, 0.1) is 0 Å². The maximum Gasteiger partial charge on any atom is 0.0495 e. The van der Waals surface area contributed by atoms with Gasteiger partial charge in [0.1, 0.15) is 0 Å². The van der Waals surface area contributed by atoms with Gasteiger partial charge in [0.2, 0.25) is 0 Å². The summed E-state index contributed by atoms with van der Waals surface area (Å²) in [6.07, 6.45) is 1.23. The Balaban J connectivity index is 2.12. The van der Waals surface area contributed by atoms with E-state index < -0.39 is 0 Å². The predicted octanol–water partition coefficient (Wildman–Crippen LogP) is 4.00. The Hall–Kier alpha value is -0.440. The summed E-state index contributed by atoms with van der Waals surface area (Å²) >= 11 is 12.1. The lowest BCUT2D eigenvalue weighted by molar-refractivity contribution is 0.232. The Morgan fingerprint density at radius 1 is 1.32 bits per heavy atom. The van der Waals surface area contributed by atoms with Crippen LogP contribution in [0.4, 0.5) is 5.69 Å². The van der Waals surface area contributed by atoms with Gasteiger partial charge in [0.15, 0.2) is 0 Å². The molecule has 0 amide bonds. The van der Waals surface area contributed by atoms with Gasteiger partial charge >= 0.3 is 0 Å². The van der Waals surface area contributed by atoms with Crippen molar-refractivity contribution in [3.05, 3.63) is 28.8 Å². The van der Waals surface area contributed by atoms with Crippen LogP contribution in [0.1, 0.15) is 25.8 Å². The molecule has 4 heteroatoms. The molecule has 1 saturated heterocycles. The summed E-state index contributed by atoms with van der Waals surface area (Å²) < 4.78 is 0. The summed E-state index contributed by atoms with van der Waals surface area (Å²) in [5, 5.41) is 0.763. The van der Waals surface area contributed by atoms with E-state index >= 15 is 0 Å². The van der Waals surface area contributed by atoms with Crippen LogP contribution in [-0.2, 0) is 5.88 Å². The molecule has 1 aliphatic rings. The molecule has 2 rings (SSSR count). The largest absolute Gasteiger partial charge is 0.370 e. The number of hydrogen-bond donors (Lipinski definition) is 0. The topological polar surface area (TPSA) is 6.48 Å². The van der Waals surface area contributed by atoms with Crippen molar-refractivity contribution in [2.45, 2.75) is 32.2 Å². The highest BCUT2D eigenvalue weighted by molar-refractivity contribution is 6.30. The predicted molar refractivity (Wildman–Crippen MR) is 84.5 cm³/mol. The van der Waals surface area contributed by atoms with Gasteiger partial charge in [-0.15, -0.1) is 11.6 Å². The van der Waals surface area contributed by atoms with Crippen LogP contribution in [0.2, 0.25) is 5.02 Å². The minimum Gasteiger partial charge on any atom is -0.370 e. The van der Waals surface area contributed by atoms with Crippen molar-refractivity contribution in [3.8, 4) is 0 Å². The van der Waals surface area contributed by atoms with E-state index in [4.69, 9.17) is 23.2 Å². The minimum atomic E-state index is 0.516. The van der Waals surface area contributed by atoms with E-state index in [1.807, 2.05) is 12.1 Å². The lowest BCUT2D eigenvalue weighted by atomic mass is 10.2. The molecule has 1 aromatic rings. The highest BCUT2D eigenvalue weighted by Crippen LogP contribution is 2.29. The first-order chi connectivity index (χ1) is 9.19. The van der Waals surface area contributed by atoms with E-state index in [1.165, 1.54) is 12.1 Å². The van der Waals surface area contributed by atoms with Gasteiger partial charge in [0, 0.05) is 35.7 Å². The third-order valence-corrected chi connectivity index (χ3v) is 4.54. The van der Waals surface area contributed by atoms with Crippen LogP contribution in [0.5, 0.6) is 0 Å². The van der Waals surface area contributed by atoms with Crippen molar-refractivity contribution in [3.63, 3.8) is 0 Å². The van der Waals surface area contributed by atoms with Crippen LogP contribution in [0.25, 0.3) is 0 Å². The summed E-state index contributed by atoms with van der Waals surface area (Å²) in [7, 11) is 0. The SMILES string of the molecule is CCN(CC)C1CCN(c2ccc(Cl)cc2CCl)C1. The Kier molecular flexibility index (Phi) is 5.37. The van der Waals surface area contributed by atoms with E-state index in [9.17, 15) is 0 Å². The molecule has 1 aromatic carbocycles. The average Bonchev–Trinajstić information content (AvgIpc) is 2.89. The molecule has 1 atom stereocenters. The Labute approximate surface area is 126 Å². The first-order valence-corrected chi connectivity index (χ1v) is 7.94. The molecule has 2 nitrogen and oxygen atoms in total. The monoisotopic (exact) mass is 300 g/mol. The Morgan fingerprint density at radius 3 is 2.68 bits per heavy atom. The van der Waals surface area contributed by atoms with Gasteiger partial charge in [-0.2, -0.15) is 0 Å². The number of nitrogens with zero attached hydrogens (tertiary/aromatic N) is 2. The zero-order chi connectivity index (χ0) is 13.8. The number of hydrogen-bond acceptors (Lipinski definition) is 2. The van der Waals surface area contributed by atoms with Crippen molar-refractivity contribution in [2.24, 2.45) is 0 Å². The molecule has 106 valence electrons. The molecule has 0 saturated carbocycles. The van der Waals surface area contributed by atoms with Crippen LogP contribution >= 0.6 is 23.2 Å². The van der Waals surface area contributed by atoms with E-state index in [2.05, 4.69) is 29.7 Å². The van der Waals surface area contributed by atoms with Gasteiger partial charge in [0.25, 0.3) is 0 Å². The highest BCUT2D eigenvalue weighted by Gasteiger charge is 2.27. The van der Waals surface area contributed by atoms with Crippen molar-refractivity contribution >= 4 is 28.9 Å². The third-order valence-electron chi connectivity index (χ3n) is 4.02. The minimum absolute atomic E-state index is 0.516. The molecule has 1 unspecified atom stereocenters. The quantitative estimate of drug-likeness (QED) is 0.759. The van der Waals surface area contributed by atoms with Crippen molar-refractivity contribution < 1.29 is 0 Å². The number of anilines is 1. The lowest BCUT2D eigenvalue weighted by Crippen LogP contribution is -2.37. The molecular weight excluding hydrogens is 279 g/mol. The van der Waals surface area contributed by atoms with Gasteiger partial charge < -0.3 is 4.90 Å². The summed E-state index contributed by atoms with van der Waals surface area (Å²) in [5.41, 5.74) is 2.38. The van der Waals surface area contributed by atoms with Crippen LogP contribution in [-0.4, -0.2) is 37.1 Å². The van der Waals surface area contributed by atoms with Gasteiger partial charge in [-0.05, 0) is 43.3 Å². The number of likely N-dealkylation sites (N-methyl/N-ethyl adjacent to an activating group) is 1. The van der Waals surface area contributed by atoms with Crippen molar-refractivity contribution in [1.29, 1.82) is 0 Å². The van der Waals surface area contributed by atoms with Crippen LogP contribution < -0.4 is 4.90 Å². The van der Waals surface area contributed by atoms with E-state index in [0.29, 0.717) is 11.9 Å². The molecule has 0 radical (unpaired) electrons. The molecule has 0 aliphatic carbocycles.